The predicted octanol–water partition coefficient (Wildman–Crippen LogP) is 4.88. The molecule has 6 nitrogen and oxygen atoms in total. The molecular formula is C18H18N4O2. The van der Waals surface area contributed by atoms with Gasteiger partial charge in [0.25, 0.3) is 0 Å². The van der Waals surface area contributed by atoms with E-state index in [9.17, 15) is 9.90 Å². The molecule has 0 saturated carbocycles. The summed E-state index contributed by atoms with van der Waals surface area (Å²) in [5.41, 5.74) is 3.31. The Morgan fingerprint density at radius 2 is 1.88 bits per heavy atom. The lowest BCUT2D eigenvalue weighted by Gasteiger charge is -2.04. The van der Waals surface area contributed by atoms with Crippen molar-refractivity contribution in [2.75, 3.05) is 0 Å². The predicted molar refractivity (Wildman–Crippen MR) is 91.6 cm³/mol. The number of aromatic nitrogens is 2. The third-order valence-corrected chi connectivity index (χ3v) is 3.78. The highest BCUT2D eigenvalue weighted by Crippen LogP contribution is 2.25. The molecule has 0 aliphatic rings. The quantitative estimate of drug-likeness (QED) is 0.695. The van der Waals surface area contributed by atoms with E-state index in [4.69, 9.17) is 0 Å². The molecule has 1 N–H and O–H groups in total. The van der Waals surface area contributed by atoms with Crippen LogP contribution in [0.15, 0.2) is 52.8 Å². The second-order valence-electron chi connectivity index (χ2n) is 5.97. The summed E-state index contributed by atoms with van der Waals surface area (Å²) < 4.78 is 1.63. The fraction of sp³-hybridized carbons (Fsp3) is 0.222. The second-order valence-corrected chi connectivity index (χ2v) is 5.97. The van der Waals surface area contributed by atoms with Crippen molar-refractivity contribution in [3.05, 3.63) is 59.4 Å². The van der Waals surface area contributed by atoms with E-state index >= 15 is 0 Å². The first-order chi connectivity index (χ1) is 11.5. The van der Waals surface area contributed by atoms with E-state index in [2.05, 4.69) is 29.1 Å². The summed E-state index contributed by atoms with van der Waals surface area (Å²) in [4.78, 5) is 15.6. The highest BCUT2D eigenvalue weighted by Gasteiger charge is 2.18. The van der Waals surface area contributed by atoms with Crippen molar-refractivity contribution >= 4 is 23.1 Å². The van der Waals surface area contributed by atoms with Crippen LogP contribution >= 0.6 is 0 Å². The molecule has 6 heteroatoms. The Labute approximate surface area is 139 Å². The van der Waals surface area contributed by atoms with E-state index in [0.29, 0.717) is 17.3 Å². The van der Waals surface area contributed by atoms with Crippen LogP contribution in [0, 0.1) is 6.92 Å². The number of imidazole rings is 1. The maximum atomic E-state index is 11.4. The number of hydrogen-bond donors (Lipinski definition) is 1. The van der Waals surface area contributed by atoms with Gasteiger partial charge in [-0.25, -0.2) is 9.78 Å². The molecule has 0 aliphatic carbocycles. The van der Waals surface area contributed by atoms with Gasteiger partial charge in [0.05, 0.1) is 5.69 Å². The summed E-state index contributed by atoms with van der Waals surface area (Å²) in [6.45, 7) is 6.17. The molecule has 0 spiro atoms. The summed E-state index contributed by atoms with van der Waals surface area (Å²) in [6, 6.07) is 11.4. The van der Waals surface area contributed by atoms with Crippen molar-refractivity contribution in [3.63, 3.8) is 0 Å². The van der Waals surface area contributed by atoms with Crippen LogP contribution in [0.1, 0.15) is 41.4 Å². The Balaban J connectivity index is 2.02. The minimum absolute atomic E-state index is 0.108. The first-order valence-corrected chi connectivity index (χ1v) is 7.69. The third kappa shape index (κ3) is 3.03. The molecule has 24 heavy (non-hydrogen) atoms. The molecular weight excluding hydrogens is 304 g/mol. The zero-order valence-electron chi connectivity index (χ0n) is 13.8. The molecule has 0 unspecified atom stereocenters. The zero-order valence-corrected chi connectivity index (χ0v) is 13.8. The maximum Gasteiger partial charge on any atom is 0.358 e. The minimum atomic E-state index is -1.12. The Hall–Kier alpha value is -3.02. The molecule has 122 valence electrons. The lowest BCUT2D eigenvalue weighted by Crippen LogP contribution is -1.96. The van der Waals surface area contributed by atoms with Gasteiger partial charge in [0.15, 0.2) is 11.5 Å². The molecule has 3 aromatic rings. The number of hydrogen-bond acceptors (Lipinski definition) is 4. The molecule has 0 aliphatic heterocycles. The van der Waals surface area contributed by atoms with Crippen molar-refractivity contribution in [1.82, 2.24) is 9.38 Å². The van der Waals surface area contributed by atoms with Crippen LogP contribution < -0.4 is 0 Å². The van der Waals surface area contributed by atoms with Gasteiger partial charge < -0.3 is 5.11 Å². The maximum absolute atomic E-state index is 11.4. The SMILES string of the molecule is Cc1ccn2c(N=Nc3ccc(C(C)C)cc3)c(C(=O)O)nc2c1. The second kappa shape index (κ2) is 6.23. The standard InChI is InChI=1S/C18H18N4O2/c1-11(2)13-4-6-14(7-5-13)20-21-17-16(18(23)24)19-15-10-12(3)8-9-22(15)17/h4-11H,1-3H3,(H,23,24). The fourth-order valence-electron chi connectivity index (χ4n) is 2.40. The zero-order chi connectivity index (χ0) is 17.3. The normalized spacial score (nSPS) is 11.7. The number of nitrogens with zero attached hydrogens (tertiary/aromatic N) is 4. The number of rotatable bonds is 4. The topological polar surface area (TPSA) is 79.3 Å². The Morgan fingerprint density at radius 1 is 1.17 bits per heavy atom. The summed E-state index contributed by atoms with van der Waals surface area (Å²) in [7, 11) is 0. The van der Waals surface area contributed by atoms with Crippen molar-refractivity contribution in [2.24, 2.45) is 10.2 Å². The van der Waals surface area contributed by atoms with Crippen molar-refractivity contribution in [3.8, 4) is 0 Å². The minimum Gasteiger partial charge on any atom is -0.476 e. The first kappa shape index (κ1) is 15.9. The van der Waals surface area contributed by atoms with Crippen LogP contribution in [-0.4, -0.2) is 20.5 Å². The number of carbonyl (C=O) groups is 1. The van der Waals surface area contributed by atoms with E-state index in [1.54, 1.807) is 10.6 Å². The molecule has 2 aromatic heterocycles. The summed E-state index contributed by atoms with van der Waals surface area (Å²) in [5, 5.41) is 17.7. The van der Waals surface area contributed by atoms with Crippen molar-refractivity contribution in [2.45, 2.75) is 26.7 Å². The number of carboxylic acids is 1. The number of carboxylic acid groups (broad SMARTS) is 1. The smallest absolute Gasteiger partial charge is 0.358 e. The van der Waals surface area contributed by atoms with Gasteiger partial charge in [0.1, 0.15) is 5.65 Å². The fourth-order valence-corrected chi connectivity index (χ4v) is 2.40. The largest absolute Gasteiger partial charge is 0.476 e. The van der Waals surface area contributed by atoms with Gasteiger partial charge in [0, 0.05) is 6.20 Å². The van der Waals surface area contributed by atoms with E-state index < -0.39 is 5.97 Å². The van der Waals surface area contributed by atoms with Crippen LogP contribution in [0.25, 0.3) is 5.65 Å². The molecule has 0 bridgehead atoms. The monoisotopic (exact) mass is 322 g/mol. The molecule has 0 saturated heterocycles. The van der Waals surface area contributed by atoms with Gasteiger partial charge in [-0.05, 0) is 48.2 Å². The number of pyridine rings is 1. The summed E-state index contributed by atoms with van der Waals surface area (Å²) in [5.74, 6) is -0.470. The van der Waals surface area contributed by atoms with Crippen LogP contribution in [0.2, 0.25) is 0 Å². The van der Waals surface area contributed by atoms with Crippen LogP contribution in [0.5, 0.6) is 0 Å². The molecule has 3 rings (SSSR count). The van der Waals surface area contributed by atoms with Crippen LogP contribution in [0.3, 0.4) is 0 Å². The van der Waals surface area contributed by atoms with E-state index in [1.807, 2.05) is 43.3 Å². The average molecular weight is 322 g/mol. The Kier molecular flexibility index (Phi) is 4.12. The number of azo groups is 1. The van der Waals surface area contributed by atoms with Gasteiger partial charge in [-0.3, -0.25) is 4.40 Å². The van der Waals surface area contributed by atoms with Gasteiger partial charge in [-0.2, -0.15) is 0 Å². The number of aromatic carboxylic acids is 1. The molecule has 2 heterocycles. The van der Waals surface area contributed by atoms with Crippen molar-refractivity contribution < 1.29 is 9.90 Å². The Bertz CT molecular complexity index is 924. The van der Waals surface area contributed by atoms with Crippen molar-refractivity contribution in [1.29, 1.82) is 0 Å². The van der Waals surface area contributed by atoms with Gasteiger partial charge in [-0.15, -0.1) is 10.2 Å². The van der Waals surface area contributed by atoms with E-state index in [1.165, 1.54) is 5.56 Å². The molecule has 0 amide bonds. The van der Waals surface area contributed by atoms with Gasteiger partial charge in [0.2, 0.25) is 0 Å². The first-order valence-electron chi connectivity index (χ1n) is 7.69. The Morgan fingerprint density at radius 3 is 2.50 bits per heavy atom. The van der Waals surface area contributed by atoms with Crippen LogP contribution in [0.4, 0.5) is 11.5 Å². The number of benzene rings is 1. The van der Waals surface area contributed by atoms with E-state index in [-0.39, 0.29) is 11.5 Å². The average Bonchev–Trinajstić information content (AvgIpc) is 2.91. The van der Waals surface area contributed by atoms with E-state index in [0.717, 1.165) is 5.56 Å². The number of fused-ring (bicyclic) bond motifs is 1. The summed E-state index contributed by atoms with van der Waals surface area (Å²) >= 11 is 0. The lowest BCUT2D eigenvalue weighted by molar-refractivity contribution is 0.0692. The van der Waals surface area contributed by atoms with Gasteiger partial charge >= 0.3 is 5.97 Å². The summed E-state index contributed by atoms with van der Waals surface area (Å²) in [6.07, 6.45) is 1.75. The highest BCUT2D eigenvalue weighted by molar-refractivity contribution is 5.91. The van der Waals surface area contributed by atoms with Crippen LogP contribution in [-0.2, 0) is 0 Å². The molecule has 0 fully saturated rings. The molecule has 0 atom stereocenters. The molecule has 1 aromatic carbocycles. The number of aryl methyl sites for hydroxylation is 1. The van der Waals surface area contributed by atoms with Gasteiger partial charge in [-0.1, -0.05) is 26.0 Å². The highest BCUT2D eigenvalue weighted by atomic mass is 16.4. The lowest BCUT2D eigenvalue weighted by atomic mass is 10.0. The molecule has 0 radical (unpaired) electrons. The third-order valence-electron chi connectivity index (χ3n) is 3.78.